The van der Waals surface area contributed by atoms with E-state index in [1.54, 1.807) is 0 Å². The fourth-order valence-corrected chi connectivity index (χ4v) is 2.81. The van der Waals surface area contributed by atoms with Crippen LogP contribution < -0.4 is 5.73 Å². The Morgan fingerprint density at radius 2 is 2.41 bits per heavy atom. The highest BCUT2D eigenvalue weighted by atomic mass is 32.1. The molecular weight excluding hydrogens is 232 g/mol. The van der Waals surface area contributed by atoms with Crippen molar-refractivity contribution >= 4 is 17.2 Å². The van der Waals surface area contributed by atoms with E-state index in [4.69, 9.17) is 18.0 Å². The van der Waals surface area contributed by atoms with Crippen LogP contribution in [0, 0.1) is 6.92 Å². The van der Waals surface area contributed by atoms with E-state index in [1.165, 1.54) is 12.1 Å². The van der Waals surface area contributed by atoms with Gasteiger partial charge in [-0.25, -0.2) is 0 Å². The molecule has 5 heteroatoms. The molecule has 0 radical (unpaired) electrons. The monoisotopic (exact) mass is 252 g/mol. The first-order chi connectivity index (χ1) is 8.11. The van der Waals surface area contributed by atoms with E-state index in [0.717, 1.165) is 31.7 Å². The molecule has 4 nitrogen and oxygen atoms in total. The van der Waals surface area contributed by atoms with Crippen LogP contribution in [-0.4, -0.2) is 32.3 Å². The molecule has 0 aliphatic carbocycles. The van der Waals surface area contributed by atoms with Crippen LogP contribution in [0.4, 0.5) is 0 Å². The lowest BCUT2D eigenvalue weighted by atomic mass is 10.2. The Morgan fingerprint density at radius 1 is 1.65 bits per heavy atom. The molecule has 0 aromatic carbocycles. The molecule has 94 valence electrons. The number of nitrogens with zero attached hydrogens (tertiary/aromatic N) is 3. The molecule has 1 saturated heterocycles. The third-order valence-electron chi connectivity index (χ3n) is 3.34. The predicted molar refractivity (Wildman–Crippen MR) is 72.9 cm³/mol. The van der Waals surface area contributed by atoms with E-state index >= 15 is 0 Å². The molecule has 2 heterocycles. The van der Waals surface area contributed by atoms with Crippen LogP contribution in [0.3, 0.4) is 0 Å². The highest BCUT2D eigenvalue weighted by Gasteiger charge is 2.27. The molecule has 0 saturated carbocycles. The minimum Gasteiger partial charge on any atom is -0.392 e. The van der Waals surface area contributed by atoms with Gasteiger partial charge in [0, 0.05) is 13.1 Å². The molecule has 0 amide bonds. The second-order valence-corrected chi connectivity index (χ2v) is 5.10. The summed E-state index contributed by atoms with van der Waals surface area (Å²) >= 11 is 5.13. The molecule has 1 aliphatic heterocycles. The quantitative estimate of drug-likeness (QED) is 0.824. The van der Waals surface area contributed by atoms with Crippen LogP contribution in [0.1, 0.15) is 31.2 Å². The molecule has 1 unspecified atom stereocenters. The fourth-order valence-electron chi connectivity index (χ4n) is 2.55. The fraction of sp³-hybridized carbons (Fsp3) is 0.667. The third kappa shape index (κ3) is 2.66. The topological polar surface area (TPSA) is 47.1 Å². The van der Waals surface area contributed by atoms with Gasteiger partial charge in [-0.3, -0.25) is 9.58 Å². The van der Waals surface area contributed by atoms with Gasteiger partial charge >= 0.3 is 0 Å². The van der Waals surface area contributed by atoms with E-state index < -0.39 is 0 Å². The molecule has 1 aromatic heterocycles. The lowest BCUT2D eigenvalue weighted by molar-refractivity contribution is 0.285. The van der Waals surface area contributed by atoms with Crippen LogP contribution >= 0.6 is 12.2 Å². The van der Waals surface area contributed by atoms with Gasteiger partial charge in [0.05, 0.1) is 22.4 Å². The highest BCUT2D eigenvalue weighted by Crippen LogP contribution is 2.20. The first-order valence-electron chi connectivity index (χ1n) is 6.18. The average molecular weight is 252 g/mol. The summed E-state index contributed by atoms with van der Waals surface area (Å²) in [6.07, 6.45) is 2.27. The minimum absolute atomic E-state index is 0.269. The number of thiocarbonyl (C=S) groups is 1. The number of hydrogen-bond acceptors (Lipinski definition) is 3. The molecule has 2 rings (SSSR count). The summed E-state index contributed by atoms with van der Waals surface area (Å²) in [5.74, 6) is 0. The lowest BCUT2D eigenvalue weighted by Gasteiger charge is -2.23. The highest BCUT2D eigenvalue weighted by molar-refractivity contribution is 7.80. The van der Waals surface area contributed by atoms with Gasteiger partial charge in [0.1, 0.15) is 0 Å². The normalized spacial score (nSPS) is 20.9. The van der Waals surface area contributed by atoms with Crippen molar-refractivity contribution in [2.75, 3.05) is 6.54 Å². The smallest absolute Gasteiger partial charge is 0.0902 e. The van der Waals surface area contributed by atoms with E-state index in [9.17, 15) is 0 Å². The number of rotatable bonds is 4. The van der Waals surface area contributed by atoms with Crippen molar-refractivity contribution < 1.29 is 0 Å². The number of hydrogen-bond donors (Lipinski definition) is 1. The van der Waals surface area contributed by atoms with Crippen LogP contribution in [0.2, 0.25) is 0 Å². The second-order valence-electron chi connectivity index (χ2n) is 4.62. The zero-order valence-corrected chi connectivity index (χ0v) is 11.3. The van der Waals surface area contributed by atoms with Crippen LogP contribution in [0.15, 0.2) is 6.07 Å². The molecule has 2 N–H and O–H groups in total. The van der Waals surface area contributed by atoms with E-state index in [1.807, 2.05) is 6.92 Å². The Balaban J connectivity index is 2.11. The van der Waals surface area contributed by atoms with Crippen LogP contribution in [0.5, 0.6) is 0 Å². The van der Waals surface area contributed by atoms with Crippen molar-refractivity contribution in [3.05, 3.63) is 17.5 Å². The molecule has 1 aromatic rings. The first-order valence-corrected chi connectivity index (χ1v) is 6.59. The molecule has 0 spiro atoms. The molecule has 0 bridgehead atoms. The zero-order valence-electron chi connectivity index (χ0n) is 10.5. The van der Waals surface area contributed by atoms with E-state index in [-0.39, 0.29) is 6.04 Å². The Hall–Kier alpha value is -0.940. The van der Waals surface area contributed by atoms with Gasteiger partial charge in [-0.2, -0.15) is 5.10 Å². The minimum atomic E-state index is 0.269. The van der Waals surface area contributed by atoms with Crippen molar-refractivity contribution in [1.29, 1.82) is 0 Å². The maximum Gasteiger partial charge on any atom is 0.0902 e. The number of likely N-dealkylation sites (tertiary alicyclic amines) is 1. The van der Waals surface area contributed by atoms with Gasteiger partial charge in [-0.15, -0.1) is 0 Å². The van der Waals surface area contributed by atoms with Crippen LogP contribution in [0.25, 0.3) is 0 Å². The summed E-state index contributed by atoms with van der Waals surface area (Å²) in [7, 11) is 0. The lowest BCUT2D eigenvalue weighted by Crippen LogP contribution is -2.39. The Morgan fingerprint density at radius 3 is 3.06 bits per heavy atom. The second kappa shape index (κ2) is 5.14. The largest absolute Gasteiger partial charge is 0.392 e. The predicted octanol–water partition coefficient (Wildman–Crippen LogP) is 1.46. The van der Waals surface area contributed by atoms with Gasteiger partial charge < -0.3 is 5.73 Å². The Bertz CT molecular complexity index is 413. The van der Waals surface area contributed by atoms with Crippen molar-refractivity contribution in [3.8, 4) is 0 Å². The molecule has 1 atom stereocenters. The average Bonchev–Trinajstić information content (AvgIpc) is 2.85. The SMILES string of the molecule is CCn1nc(C)cc1CN1CCCC1C(N)=S. The number of aromatic nitrogens is 2. The molecular formula is C12H20N4S. The van der Waals surface area contributed by atoms with Crippen molar-refractivity contribution in [1.82, 2.24) is 14.7 Å². The Kier molecular flexibility index (Phi) is 3.79. The van der Waals surface area contributed by atoms with Gasteiger partial charge in [-0.1, -0.05) is 12.2 Å². The summed E-state index contributed by atoms with van der Waals surface area (Å²) in [4.78, 5) is 2.99. The van der Waals surface area contributed by atoms with Gasteiger partial charge in [0.2, 0.25) is 0 Å². The summed E-state index contributed by atoms with van der Waals surface area (Å²) < 4.78 is 2.06. The molecule has 17 heavy (non-hydrogen) atoms. The summed E-state index contributed by atoms with van der Waals surface area (Å²) in [5, 5.41) is 4.47. The number of aryl methyl sites for hydroxylation is 2. The zero-order chi connectivity index (χ0) is 12.4. The molecule has 1 aliphatic rings. The van der Waals surface area contributed by atoms with E-state index in [0.29, 0.717) is 4.99 Å². The van der Waals surface area contributed by atoms with Gasteiger partial charge in [0.15, 0.2) is 0 Å². The van der Waals surface area contributed by atoms with Gasteiger partial charge in [0.25, 0.3) is 0 Å². The van der Waals surface area contributed by atoms with Gasteiger partial charge in [-0.05, 0) is 39.3 Å². The maximum absolute atomic E-state index is 5.78. The van der Waals surface area contributed by atoms with Crippen molar-refractivity contribution in [3.63, 3.8) is 0 Å². The third-order valence-corrected chi connectivity index (χ3v) is 3.61. The van der Waals surface area contributed by atoms with E-state index in [2.05, 4.69) is 27.7 Å². The summed E-state index contributed by atoms with van der Waals surface area (Å²) in [5.41, 5.74) is 8.12. The Labute approximate surface area is 108 Å². The van der Waals surface area contributed by atoms with Crippen LogP contribution in [-0.2, 0) is 13.1 Å². The van der Waals surface area contributed by atoms with Crippen molar-refractivity contribution in [2.45, 2.75) is 45.8 Å². The van der Waals surface area contributed by atoms with Crippen molar-refractivity contribution in [2.24, 2.45) is 5.73 Å². The maximum atomic E-state index is 5.78. The first kappa shape index (κ1) is 12.5. The summed E-state index contributed by atoms with van der Waals surface area (Å²) in [6, 6.07) is 2.42. The standard InChI is InChI=1S/C12H20N4S/c1-3-16-10(7-9(2)14-16)8-15-6-4-5-11(15)12(13)17/h7,11H,3-6,8H2,1-2H3,(H2,13,17). The summed E-state index contributed by atoms with van der Waals surface area (Å²) in [6.45, 7) is 7.04. The molecule has 1 fully saturated rings. The number of nitrogens with two attached hydrogens (primary N) is 1.